The molecule has 2 aromatic heterocycles. The minimum absolute atomic E-state index is 0.0302. The second-order valence-corrected chi connectivity index (χ2v) is 10.3. The van der Waals surface area contributed by atoms with E-state index in [2.05, 4.69) is 25.1 Å². The summed E-state index contributed by atoms with van der Waals surface area (Å²) in [4.78, 5) is 54.8. The number of para-hydroxylation sites is 1. The number of nitrogens with one attached hydrogen (secondary N) is 3. The van der Waals surface area contributed by atoms with Crippen molar-refractivity contribution in [3.63, 3.8) is 0 Å². The van der Waals surface area contributed by atoms with Gasteiger partial charge in [0.05, 0.1) is 25.9 Å². The van der Waals surface area contributed by atoms with E-state index in [9.17, 15) is 23.8 Å². The van der Waals surface area contributed by atoms with Crippen LogP contribution < -0.4 is 16.3 Å². The first-order chi connectivity index (χ1) is 18.1. The molecule has 202 valence electrons. The molecule has 1 saturated heterocycles. The summed E-state index contributed by atoms with van der Waals surface area (Å²) in [6.07, 6.45) is 1.18. The first kappa shape index (κ1) is 27.3. The minimum atomic E-state index is -4.60. The maximum absolute atomic E-state index is 12.9. The number of benzene rings is 1. The number of esters is 1. The lowest BCUT2D eigenvalue weighted by Gasteiger charge is -2.22. The summed E-state index contributed by atoms with van der Waals surface area (Å²) in [5.41, 5.74) is 9.50. The van der Waals surface area contributed by atoms with Crippen molar-refractivity contribution in [1.29, 1.82) is 0 Å². The Morgan fingerprint density at radius 3 is 2.92 bits per heavy atom. The van der Waals surface area contributed by atoms with Crippen LogP contribution in [0.4, 0.5) is 0 Å². The summed E-state index contributed by atoms with van der Waals surface area (Å²) in [6.45, 7) is 1.01. The second kappa shape index (κ2) is 11.4. The average Bonchev–Trinajstić information content (AvgIpc) is 3.48. The van der Waals surface area contributed by atoms with Crippen molar-refractivity contribution in [3.05, 3.63) is 79.1 Å². The van der Waals surface area contributed by atoms with Crippen molar-refractivity contribution in [2.75, 3.05) is 13.7 Å². The molecule has 3 heterocycles. The number of nitrogens with zero attached hydrogens (tertiary/aromatic N) is 4. The van der Waals surface area contributed by atoms with Crippen LogP contribution in [0.2, 0.25) is 0 Å². The van der Waals surface area contributed by atoms with Gasteiger partial charge in [-0.3, -0.25) is 23.7 Å². The van der Waals surface area contributed by atoms with Crippen molar-refractivity contribution in [2.45, 2.75) is 44.2 Å². The SMILES string of the molecule is COC(=O)[C@@H](Cc1c[nH]c2ccccc12)NP(=O)(O)OC[C@H]1O[C@@H](n2cc(C)c(=O)[nH]c2=O)CC1N=[N+]=[N-]. The van der Waals surface area contributed by atoms with Gasteiger partial charge in [0.2, 0.25) is 0 Å². The van der Waals surface area contributed by atoms with E-state index in [0.29, 0.717) is 0 Å². The maximum atomic E-state index is 12.9. The number of carbonyl (C=O) groups excluding carboxylic acids is 1. The fourth-order valence-corrected chi connectivity index (χ4v) is 5.29. The average molecular weight is 547 g/mol. The normalized spacial score (nSPS) is 21.5. The highest BCUT2D eigenvalue weighted by atomic mass is 31.2. The zero-order valence-corrected chi connectivity index (χ0v) is 21.3. The lowest BCUT2D eigenvalue weighted by molar-refractivity contribution is -0.142. The Hall–Kier alpha value is -3.71. The van der Waals surface area contributed by atoms with Crippen LogP contribution in [-0.4, -0.2) is 57.3 Å². The van der Waals surface area contributed by atoms with Crippen LogP contribution in [0.1, 0.15) is 23.8 Å². The fraction of sp³-hybridized carbons (Fsp3) is 0.409. The zero-order valence-electron chi connectivity index (χ0n) is 20.4. The zero-order chi connectivity index (χ0) is 27.4. The largest absolute Gasteiger partial charge is 0.468 e. The van der Waals surface area contributed by atoms with Crippen LogP contribution in [0.3, 0.4) is 0 Å². The van der Waals surface area contributed by atoms with Crippen molar-refractivity contribution < 1.29 is 28.3 Å². The standard InChI is InChI=1S/C22H26N7O8P/c1-12-10-29(22(32)25-20(12)30)19-8-16(26-28-23)18(37-19)11-36-38(33,34)27-17(21(31)35-2)7-13-9-24-15-6-4-3-5-14(13)15/h3-6,9-10,16-19,24H,7-8,11H2,1-2H3,(H,25,30,32)(H2,27,33,34)/t16?,17-,18-,19-/m1/s1. The molecule has 0 saturated carbocycles. The Kier molecular flexibility index (Phi) is 8.17. The molecule has 4 rings (SSSR count). The van der Waals surface area contributed by atoms with E-state index in [0.717, 1.165) is 28.1 Å². The molecule has 0 radical (unpaired) electrons. The van der Waals surface area contributed by atoms with Crippen LogP contribution >= 0.6 is 7.75 Å². The third-order valence-corrected chi connectivity index (χ3v) is 7.31. The van der Waals surface area contributed by atoms with E-state index in [4.69, 9.17) is 19.5 Å². The van der Waals surface area contributed by atoms with Crippen molar-refractivity contribution in [2.24, 2.45) is 5.11 Å². The molecule has 0 spiro atoms. The predicted molar refractivity (Wildman–Crippen MR) is 134 cm³/mol. The summed E-state index contributed by atoms with van der Waals surface area (Å²) in [5, 5.41) is 6.82. The molecule has 38 heavy (non-hydrogen) atoms. The summed E-state index contributed by atoms with van der Waals surface area (Å²) in [7, 11) is -3.44. The van der Waals surface area contributed by atoms with Crippen LogP contribution in [-0.2, 0) is 29.8 Å². The van der Waals surface area contributed by atoms with Gasteiger partial charge < -0.3 is 19.4 Å². The Morgan fingerprint density at radius 1 is 1.42 bits per heavy atom. The topological polar surface area (TPSA) is 213 Å². The molecule has 1 aliphatic rings. The lowest BCUT2D eigenvalue weighted by atomic mass is 10.1. The number of carbonyl (C=O) groups is 1. The van der Waals surface area contributed by atoms with Gasteiger partial charge in [-0.15, -0.1) is 0 Å². The highest BCUT2D eigenvalue weighted by molar-refractivity contribution is 7.50. The van der Waals surface area contributed by atoms with E-state index < -0.39 is 56.0 Å². The number of azide groups is 1. The van der Waals surface area contributed by atoms with E-state index in [1.54, 1.807) is 6.20 Å². The maximum Gasteiger partial charge on any atom is 0.403 e. The number of aromatic nitrogens is 3. The smallest absolute Gasteiger partial charge is 0.403 e. The van der Waals surface area contributed by atoms with Gasteiger partial charge in [-0.25, -0.2) is 14.4 Å². The summed E-state index contributed by atoms with van der Waals surface area (Å²) in [5.74, 6) is -0.773. The van der Waals surface area contributed by atoms with E-state index in [-0.39, 0.29) is 18.4 Å². The first-order valence-electron chi connectivity index (χ1n) is 11.5. The minimum Gasteiger partial charge on any atom is -0.468 e. The van der Waals surface area contributed by atoms with Gasteiger partial charge in [0.1, 0.15) is 12.3 Å². The highest BCUT2D eigenvalue weighted by Crippen LogP contribution is 2.40. The number of rotatable bonds is 10. The molecule has 0 aliphatic carbocycles. The fourth-order valence-electron chi connectivity index (χ4n) is 4.28. The molecule has 15 nitrogen and oxygen atoms in total. The number of methoxy groups -OCH3 is 1. The van der Waals surface area contributed by atoms with Gasteiger partial charge >= 0.3 is 19.4 Å². The quantitative estimate of drug-likeness (QED) is 0.0955. The number of hydrogen-bond acceptors (Lipinski definition) is 8. The number of H-pyrrole nitrogens is 2. The Labute approximate surface area is 214 Å². The van der Waals surface area contributed by atoms with E-state index in [1.165, 1.54) is 13.1 Å². The van der Waals surface area contributed by atoms with Crippen LogP contribution in [0.5, 0.6) is 0 Å². The highest BCUT2D eigenvalue weighted by Gasteiger charge is 2.39. The molecule has 5 atom stereocenters. The molecule has 16 heteroatoms. The Balaban J connectivity index is 1.46. The van der Waals surface area contributed by atoms with Crippen molar-refractivity contribution in [1.82, 2.24) is 19.6 Å². The lowest BCUT2D eigenvalue weighted by Crippen LogP contribution is -2.38. The number of fused-ring (bicyclic) bond motifs is 1. The van der Waals surface area contributed by atoms with Gasteiger partial charge in [0.25, 0.3) is 5.56 Å². The number of aryl methyl sites for hydroxylation is 1. The van der Waals surface area contributed by atoms with Crippen LogP contribution in [0.25, 0.3) is 21.3 Å². The number of ether oxygens (including phenoxy) is 2. The first-order valence-corrected chi connectivity index (χ1v) is 13.1. The molecule has 1 fully saturated rings. The van der Waals surface area contributed by atoms with Gasteiger partial charge in [0.15, 0.2) is 0 Å². The summed E-state index contributed by atoms with van der Waals surface area (Å²) >= 11 is 0. The van der Waals surface area contributed by atoms with Gasteiger partial charge in [-0.05, 0) is 24.1 Å². The van der Waals surface area contributed by atoms with Crippen LogP contribution in [0, 0.1) is 6.92 Å². The number of hydrogen-bond donors (Lipinski definition) is 4. The second-order valence-electron chi connectivity index (χ2n) is 8.70. The molecule has 2 unspecified atom stereocenters. The third-order valence-electron chi connectivity index (χ3n) is 6.18. The summed E-state index contributed by atoms with van der Waals surface area (Å²) < 4.78 is 29.8. The molecular weight excluding hydrogens is 521 g/mol. The molecule has 3 aromatic rings. The van der Waals surface area contributed by atoms with Gasteiger partial charge in [-0.1, -0.05) is 23.3 Å². The Morgan fingerprint density at radius 2 is 2.18 bits per heavy atom. The Bertz CT molecular complexity index is 1540. The third kappa shape index (κ3) is 6.05. The van der Waals surface area contributed by atoms with Crippen molar-refractivity contribution in [3.8, 4) is 0 Å². The molecule has 0 amide bonds. The monoisotopic (exact) mass is 547 g/mol. The number of aromatic amines is 2. The molecule has 4 N–H and O–H groups in total. The summed E-state index contributed by atoms with van der Waals surface area (Å²) in [6, 6.07) is 5.33. The van der Waals surface area contributed by atoms with Crippen LogP contribution in [0.15, 0.2) is 51.4 Å². The molecule has 0 bridgehead atoms. The van der Waals surface area contributed by atoms with E-state index in [1.807, 2.05) is 24.3 Å². The van der Waals surface area contributed by atoms with Crippen molar-refractivity contribution >= 4 is 24.6 Å². The van der Waals surface area contributed by atoms with E-state index >= 15 is 0 Å². The molecule has 1 aliphatic heterocycles. The van der Waals surface area contributed by atoms with Gasteiger partial charge in [-0.2, -0.15) is 0 Å². The molecule has 1 aromatic carbocycles. The van der Waals surface area contributed by atoms with Gasteiger partial charge in [0, 0.05) is 46.6 Å². The molecular formula is C22H26N7O8P. The predicted octanol–water partition coefficient (Wildman–Crippen LogP) is 1.78.